The van der Waals surface area contributed by atoms with E-state index in [4.69, 9.17) is 0 Å². The van der Waals surface area contributed by atoms with Crippen LogP contribution in [0.25, 0.3) is 22.2 Å². The molecule has 0 atom stereocenters. The van der Waals surface area contributed by atoms with Crippen LogP contribution in [0.3, 0.4) is 0 Å². The van der Waals surface area contributed by atoms with E-state index in [1.165, 1.54) is 0 Å². The van der Waals surface area contributed by atoms with Crippen LogP contribution in [0.2, 0.25) is 0 Å². The minimum Gasteiger partial charge on any atom is -0.354 e. The number of hydrogen-bond acceptors (Lipinski definition) is 6. The van der Waals surface area contributed by atoms with Crippen molar-refractivity contribution in [2.75, 3.05) is 31.1 Å². The van der Waals surface area contributed by atoms with Gasteiger partial charge in [-0.2, -0.15) is 4.31 Å². The minimum atomic E-state index is -3.65. The first-order valence-corrected chi connectivity index (χ1v) is 12.0. The van der Waals surface area contributed by atoms with E-state index in [1.807, 2.05) is 61.5 Å². The first-order chi connectivity index (χ1) is 15.5. The Morgan fingerprint density at radius 1 is 0.844 bits per heavy atom. The van der Waals surface area contributed by atoms with Gasteiger partial charge in [-0.3, -0.25) is 4.98 Å². The number of sulfonamides is 1. The van der Waals surface area contributed by atoms with E-state index in [-0.39, 0.29) is 4.90 Å². The Morgan fingerprint density at radius 2 is 1.62 bits per heavy atom. The summed E-state index contributed by atoms with van der Waals surface area (Å²) < 4.78 is 28.4. The lowest BCUT2D eigenvalue weighted by Crippen LogP contribution is -2.49. The second-order valence-corrected chi connectivity index (χ2v) is 9.71. The standard InChI is InChI=1S/C24H23N5O2S/c1-18-10-11-20-8-5-9-22(24(20)27-18)32(30,31)29-14-12-28(13-15-29)23-16-21(25-17-26-23)19-6-3-2-4-7-19/h2-11,16-17H,12-15H2,1H3. The van der Waals surface area contributed by atoms with Gasteiger partial charge < -0.3 is 4.90 Å². The van der Waals surface area contributed by atoms with E-state index in [1.54, 1.807) is 22.8 Å². The summed E-state index contributed by atoms with van der Waals surface area (Å²) in [5.74, 6) is 0.804. The number of pyridine rings is 1. The third-order valence-corrected chi connectivity index (χ3v) is 7.66. The predicted molar refractivity (Wildman–Crippen MR) is 125 cm³/mol. The highest BCUT2D eigenvalue weighted by Gasteiger charge is 2.30. The molecule has 1 fully saturated rings. The van der Waals surface area contributed by atoms with Crippen molar-refractivity contribution in [1.82, 2.24) is 19.3 Å². The summed E-state index contributed by atoms with van der Waals surface area (Å²) in [4.78, 5) is 15.7. The molecule has 2 aromatic carbocycles. The molecule has 8 heteroatoms. The van der Waals surface area contributed by atoms with Crippen LogP contribution in [0.5, 0.6) is 0 Å². The zero-order valence-electron chi connectivity index (χ0n) is 17.7. The van der Waals surface area contributed by atoms with Crippen LogP contribution in [0.4, 0.5) is 5.82 Å². The fourth-order valence-corrected chi connectivity index (χ4v) is 5.59. The van der Waals surface area contributed by atoms with Crippen molar-refractivity contribution in [2.45, 2.75) is 11.8 Å². The van der Waals surface area contributed by atoms with E-state index in [2.05, 4.69) is 19.9 Å². The first kappa shape index (κ1) is 20.5. The summed E-state index contributed by atoms with van der Waals surface area (Å²) in [7, 11) is -3.65. The maximum Gasteiger partial charge on any atom is 0.245 e. The molecular formula is C24H23N5O2S. The molecule has 0 bridgehead atoms. The number of hydrogen-bond donors (Lipinski definition) is 0. The summed E-state index contributed by atoms with van der Waals surface area (Å²) in [6.07, 6.45) is 1.56. The van der Waals surface area contributed by atoms with Gasteiger partial charge in [0.1, 0.15) is 17.0 Å². The smallest absolute Gasteiger partial charge is 0.245 e. The van der Waals surface area contributed by atoms with Gasteiger partial charge in [-0.05, 0) is 19.1 Å². The van der Waals surface area contributed by atoms with E-state index in [9.17, 15) is 8.42 Å². The monoisotopic (exact) mass is 445 g/mol. The van der Waals surface area contributed by atoms with Crippen LogP contribution in [0, 0.1) is 6.92 Å². The zero-order valence-corrected chi connectivity index (χ0v) is 18.5. The van der Waals surface area contributed by atoms with Gasteiger partial charge in [0.2, 0.25) is 10.0 Å². The SMILES string of the molecule is Cc1ccc2cccc(S(=O)(=O)N3CCN(c4cc(-c5ccccc5)ncn4)CC3)c2n1. The Balaban J connectivity index is 1.37. The van der Waals surface area contributed by atoms with Crippen LogP contribution >= 0.6 is 0 Å². The topological polar surface area (TPSA) is 79.3 Å². The molecule has 32 heavy (non-hydrogen) atoms. The van der Waals surface area contributed by atoms with Crippen molar-refractivity contribution < 1.29 is 8.42 Å². The van der Waals surface area contributed by atoms with Gasteiger partial charge in [0.05, 0.1) is 11.2 Å². The number of piperazine rings is 1. The number of para-hydroxylation sites is 1. The molecule has 0 spiro atoms. The highest BCUT2D eigenvalue weighted by atomic mass is 32.2. The molecule has 4 aromatic rings. The molecule has 0 saturated carbocycles. The van der Waals surface area contributed by atoms with Crippen LogP contribution in [0.15, 0.2) is 78.0 Å². The number of benzene rings is 2. The lowest BCUT2D eigenvalue weighted by atomic mass is 10.1. The molecule has 1 aliphatic rings. The third kappa shape index (κ3) is 3.83. The Bertz CT molecular complexity index is 1370. The van der Waals surface area contributed by atoms with Gasteiger partial charge in [-0.1, -0.05) is 48.5 Å². The molecule has 0 radical (unpaired) electrons. The summed E-state index contributed by atoms with van der Waals surface area (Å²) in [6, 6.07) is 21.0. The van der Waals surface area contributed by atoms with E-state index >= 15 is 0 Å². The van der Waals surface area contributed by atoms with Gasteiger partial charge in [0.25, 0.3) is 0 Å². The molecule has 162 valence electrons. The van der Waals surface area contributed by atoms with E-state index < -0.39 is 10.0 Å². The minimum absolute atomic E-state index is 0.264. The lowest BCUT2D eigenvalue weighted by molar-refractivity contribution is 0.384. The Morgan fingerprint density at radius 3 is 2.41 bits per heavy atom. The van der Waals surface area contributed by atoms with Crippen molar-refractivity contribution in [3.05, 3.63) is 78.8 Å². The van der Waals surface area contributed by atoms with Crippen LogP contribution in [-0.4, -0.2) is 53.9 Å². The molecule has 0 N–H and O–H groups in total. The Labute approximate surface area is 187 Å². The summed E-state index contributed by atoms with van der Waals surface area (Å²) in [5, 5.41) is 0.824. The van der Waals surface area contributed by atoms with Gasteiger partial charge >= 0.3 is 0 Å². The number of nitrogens with zero attached hydrogens (tertiary/aromatic N) is 5. The number of aromatic nitrogens is 3. The van der Waals surface area contributed by atoms with Gasteiger partial charge in [0.15, 0.2) is 0 Å². The number of rotatable bonds is 4. The number of aryl methyl sites for hydroxylation is 1. The van der Waals surface area contributed by atoms with Crippen molar-refractivity contribution in [1.29, 1.82) is 0 Å². The summed E-state index contributed by atoms with van der Waals surface area (Å²) in [6.45, 7) is 3.75. The van der Waals surface area contributed by atoms with Gasteiger partial charge in [-0.15, -0.1) is 0 Å². The van der Waals surface area contributed by atoms with Gasteiger partial charge in [-0.25, -0.2) is 18.4 Å². The molecular weight excluding hydrogens is 422 g/mol. The Kier molecular flexibility index (Phi) is 5.32. The fraction of sp³-hybridized carbons (Fsp3) is 0.208. The quantitative estimate of drug-likeness (QED) is 0.478. The molecule has 5 rings (SSSR count). The van der Waals surface area contributed by atoms with Crippen molar-refractivity contribution >= 4 is 26.7 Å². The predicted octanol–water partition coefficient (Wildman–Crippen LogP) is 3.51. The number of anilines is 1. The molecule has 1 aliphatic heterocycles. The van der Waals surface area contributed by atoms with Gasteiger partial charge in [0, 0.05) is 48.9 Å². The largest absolute Gasteiger partial charge is 0.354 e. The Hall–Kier alpha value is -3.36. The van der Waals surface area contributed by atoms with Crippen LogP contribution in [-0.2, 0) is 10.0 Å². The molecule has 0 aliphatic carbocycles. The first-order valence-electron chi connectivity index (χ1n) is 10.5. The lowest BCUT2D eigenvalue weighted by Gasteiger charge is -2.34. The maximum absolute atomic E-state index is 13.4. The van der Waals surface area contributed by atoms with E-state index in [0.717, 1.165) is 28.2 Å². The second-order valence-electron chi connectivity index (χ2n) is 7.80. The molecule has 0 amide bonds. The average molecular weight is 446 g/mol. The molecule has 3 heterocycles. The normalized spacial score (nSPS) is 15.2. The molecule has 0 unspecified atom stereocenters. The molecule has 2 aromatic heterocycles. The van der Waals surface area contributed by atoms with Crippen molar-refractivity contribution in [3.8, 4) is 11.3 Å². The summed E-state index contributed by atoms with van der Waals surface area (Å²) >= 11 is 0. The molecule has 7 nitrogen and oxygen atoms in total. The van der Waals surface area contributed by atoms with Crippen LogP contribution in [0.1, 0.15) is 5.69 Å². The maximum atomic E-state index is 13.4. The second kappa shape index (κ2) is 8.29. The fourth-order valence-electron chi connectivity index (χ4n) is 4.01. The number of fused-ring (bicyclic) bond motifs is 1. The highest BCUT2D eigenvalue weighted by Crippen LogP contribution is 2.27. The molecule has 1 saturated heterocycles. The average Bonchev–Trinajstić information content (AvgIpc) is 2.84. The third-order valence-electron chi connectivity index (χ3n) is 5.73. The zero-order chi connectivity index (χ0) is 22.1. The van der Waals surface area contributed by atoms with E-state index in [0.29, 0.717) is 31.7 Å². The summed E-state index contributed by atoms with van der Waals surface area (Å²) in [5.41, 5.74) is 3.19. The van der Waals surface area contributed by atoms with Crippen LogP contribution < -0.4 is 4.90 Å². The van der Waals surface area contributed by atoms with Crippen molar-refractivity contribution in [3.63, 3.8) is 0 Å². The van der Waals surface area contributed by atoms with Crippen molar-refractivity contribution in [2.24, 2.45) is 0 Å². The highest BCUT2D eigenvalue weighted by molar-refractivity contribution is 7.89.